The molecule has 3 amide bonds. The summed E-state index contributed by atoms with van der Waals surface area (Å²) in [7, 11) is 4.13. The molecule has 4 rings (SSSR count). The molecule has 1 aromatic carbocycles. The molecule has 0 saturated carbocycles. The summed E-state index contributed by atoms with van der Waals surface area (Å²) >= 11 is 0. The molecule has 2 aromatic heterocycles. The zero-order valence-corrected chi connectivity index (χ0v) is 22.6. The zero-order valence-electron chi connectivity index (χ0n) is 22.6. The van der Waals surface area contributed by atoms with Crippen LogP contribution in [-0.4, -0.2) is 71.4 Å². The molecule has 16 heteroatoms. The molecule has 3 heterocycles. The zero-order chi connectivity index (χ0) is 29.9. The Balaban J connectivity index is 1.75. The molecule has 0 spiro atoms. The molecule has 216 valence electrons. The van der Waals surface area contributed by atoms with Gasteiger partial charge in [0, 0.05) is 12.1 Å². The van der Waals surface area contributed by atoms with Crippen molar-refractivity contribution in [2.45, 2.75) is 19.4 Å². The number of aliphatic carboxylic acids is 1. The van der Waals surface area contributed by atoms with Gasteiger partial charge in [0.2, 0.25) is 11.7 Å². The smallest absolute Gasteiger partial charge is 0.329 e. The fraction of sp³-hybridized carbons (Fsp3) is 0.280. The van der Waals surface area contributed by atoms with Gasteiger partial charge in [-0.25, -0.2) is 24.1 Å². The fourth-order valence-electron chi connectivity index (χ4n) is 3.69. The van der Waals surface area contributed by atoms with Crippen LogP contribution in [0.1, 0.15) is 13.8 Å². The van der Waals surface area contributed by atoms with Crippen molar-refractivity contribution >= 4 is 47.0 Å². The topological polar surface area (TPSA) is 186 Å². The van der Waals surface area contributed by atoms with E-state index in [4.69, 9.17) is 24.1 Å². The van der Waals surface area contributed by atoms with E-state index in [1.807, 2.05) is 0 Å². The Morgan fingerprint density at radius 1 is 1.12 bits per heavy atom. The minimum Gasteiger partial charge on any atom is -0.493 e. The van der Waals surface area contributed by atoms with Gasteiger partial charge < -0.3 is 40.0 Å². The van der Waals surface area contributed by atoms with Gasteiger partial charge in [0.15, 0.2) is 40.3 Å². The number of methoxy groups -OCH3 is 3. The number of benzene rings is 1. The lowest BCUT2D eigenvalue weighted by Crippen LogP contribution is -2.46. The number of amides is 3. The van der Waals surface area contributed by atoms with Crippen molar-refractivity contribution in [1.82, 2.24) is 20.3 Å². The van der Waals surface area contributed by atoms with Crippen LogP contribution < -0.4 is 39.8 Å². The van der Waals surface area contributed by atoms with Crippen molar-refractivity contribution in [3.05, 3.63) is 36.3 Å². The van der Waals surface area contributed by atoms with E-state index < -0.39 is 35.9 Å². The van der Waals surface area contributed by atoms with Crippen LogP contribution >= 0.6 is 0 Å². The third-order valence-corrected chi connectivity index (χ3v) is 5.68. The van der Waals surface area contributed by atoms with Crippen LogP contribution in [0.5, 0.6) is 23.0 Å². The largest absolute Gasteiger partial charge is 0.493 e. The Labute approximate surface area is 232 Å². The summed E-state index contributed by atoms with van der Waals surface area (Å²) in [5.74, 6) is -2.26. The number of rotatable bonds is 9. The Hall–Kier alpha value is -5.41. The van der Waals surface area contributed by atoms with E-state index in [0.29, 0.717) is 5.75 Å². The van der Waals surface area contributed by atoms with Crippen LogP contribution in [0.2, 0.25) is 0 Å². The van der Waals surface area contributed by atoms with E-state index in [9.17, 15) is 18.8 Å². The highest BCUT2D eigenvalue weighted by Crippen LogP contribution is 2.42. The van der Waals surface area contributed by atoms with Crippen LogP contribution in [0, 0.1) is 5.82 Å². The lowest BCUT2D eigenvalue weighted by atomic mass is 10.1. The molecule has 41 heavy (non-hydrogen) atoms. The number of urea groups is 1. The van der Waals surface area contributed by atoms with E-state index in [1.165, 1.54) is 45.6 Å². The Morgan fingerprint density at radius 2 is 1.80 bits per heavy atom. The minimum atomic E-state index is -1.30. The molecule has 0 atom stereocenters. The van der Waals surface area contributed by atoms with Gasteiger partial charge in [0.25, 0.3) is 5.91 Å². The number of fused-ring (bicyclic) bond motifs is 1. The van der Waals surface area contributed by atoms with Gasteiger partial charge in [0.05, 0.1) is 33.2 Å². The van der Waals surface area contributed by atoms with Crippen molar-refractivity contribution in [2.75, 3.05) is 43.4 Å². The quantitative estimate of drug-likeness (QED) is 0.295. The van der Waals surface area contributed by atoms with Crippen molar-refractivity contribution < 1.29 is 42.8 Å². The van der Waals surface area contributed by atoms with Crippen LogP contribution in [0.4, 0.5) is 38.3 Å². The Kier molecular flexibility index (Phi) is 7.93. The number of carboxylic acid groups (broad SMARTS) is 1. The normalized spacial score (nSPS) is 13.2. The van der Waals surface area contributed by atoms with Crippen molar-refractivity contribution in [3.8, 4) is 23.0 Å². The summed E-state index contributed by atoms with van der Waals surface area (Å²) in [4.78, 5) is 49.8. The van der Waals surface area contributed by atoms with Gasteiger partial charge in [0.1, 0.15) is 12.4 Å². The minimum absolute atomic E-state index is 0.0781. The molecular weight excluding hydrogens is 545 g/mol. The van der Waals surface area contributed by atoms with Gasteiger partial charge in [-0.15, -0.1) is 0 Å². The van der Waals surface area contributed by atoms with E-state index in [2.05, 4.69) is 30.9 Å². The van der Waals surface area contributed by atoms with E-state index in [1.54, 1.807) is 13.8 Å². The number of carbonyl (C=O) groups excluding carboxylic acids is 2. The standard InChI is InChI=1S/C25H26FN7O8/c1-25(2)22(36)31-21-14(41-25)6-7-17(30-21)29-20-13(26)10-27-23(32-20)33(24(37)28-11-18(34)35)12-8-15(38-3)19(40-5)16(9-12)39-4/h6-10H,11H2,1-5H3,(H,28,37)(H,34,35)(H2,27,29,30,31,32,36). The second-order valence-corrected chi connectivity index (χ2v) is 8.87. The van der Waals surface area contributed by atoms with Crippen LogP contribution in [-0.2, 0) is 9.59 Å². The number of ether oxygens (including phenoxy) is 4. The Bertz CT molecular complexity index is 1490. The molecule has 1 aliphatic heterocycles. The second-order valence-electron chi connectivity index (χ2n) is 8.87. The maximum Gasteiger partial charge on any atom is 0.329 e. The highest BCUT2D eigenvalue weighted by atomic mass is 19.1. The summed E-state index contributed by atoms with van der Waals surface area (Å²) in [5.41, 5.74) is -1.02. The molecule has 1 aliphatic rings. The van der Waals surface area contributed by atoms with Crippen molar-refractivity contribution in [2.24, 2.45) is 0 Å². The van der Waals surface area contributed by atoms with E-state index in [-0.39, 0.29) is 46.3 Å². The average molecular weight is 572 g/mol. The van der Waals surface area contributed by atoms with Gasteiger partial charge in [-0.2, -0.15) is 4.98 Å². The summed E-state index contributed by atoms with van der Waals surface area (Å²) in [6, 6.07) is 4.86. The summed E-state index contributed by atoms with van der Waals surface area (Å²) in [6.45, 7) is 2.47. The summed E-state index contributed by atoms with van der Waals surface area (Å²) < 4.78 is 36.5. The first-order chi connectivity index (χ1) is 19.5. The molecule has 15 nitrogen and oxygen atoms in total. The van der Waals surface area contributed by atoms with Crippen LogP contribution in [0.15, 0.2) is 30.5 Å². The molecule has 0 bridgehead atoms. The first-order valence-electron chi connectivity index (χ1n) is 11.9. The summed E-state index contributed by atoms with van der Waals surface area (Å²) in [6.07, 6.45) is 0.811. The average Bonchev–Trinajstić information content (AvgIpc) is 2.93. The number of nitrogens with one attached hydrogen (secondary N) is 3. The van der Waals surface area contributed by atoms with Crippen molar-refractivity contribution in [1.29, 1.82) is 0 Å². The van der Waals surface area contributed by atoms with Crippen LogP contribution in [0.25, 0.3) is 0 Å². The molecule has 0 radical (unpaired) electrons. The van der Waals surface area contributed by atoms with Crippen molar-refractivity contribution in [3.63, 3.8) is 0 Å². The van der Waals surface area contributed by atoms with Gasteiger partial charge in [-0.1, -0.05) is 0 Å². The number of hydrogen-bond acceptors (Lipinski definition) is 11. The predicted octanol–water partition coefficient (Wildman–Crippen LogP) is 2.82. The molecule has 0 fully saturated rings. The van der Waals surface area contributed by atoms with E-state index >= 15 is 0 Å². The van der Waals surface area contributed by atoms with Gasteiger partial charge >= 0.3 is 12.0 Å². The first-order valence-corrected chi connectivity index (χ1v) is 11.9. The second kappa shape index (κ2) is 11.4. The molecular formula is C25H26FN7O8. The number of nitrogens with zero attached hydrogens (tertiary/aromatic N) is 4. The third kappa shape index (κ3) is 5.95. The number of carbonyl (C=O) groups is 3. The predicted molar refractivity (Wildman–Crippen MR) is 142 cm³/mol. The maximum absolute atomic E-state index is 14.9. The third-order valence-electron chi connectivity index (χ3n) is 5.68. The molecule has 0 aliphatic carbocycles. The number of anilines is 5. The van der Waals surface area contributed by atoms with E-state index in [0.717, 1.165) is 11.1 Å². The fourth-order valence-corrected chi connectivity index (χ4v) is 3.69. The number of hydrogen-bond donors (Lipinski definition) is 4. The lowest BCUT2D eigenvalue weighted by Gasteiger charge is -2.30. The molecule has 0 unspecified atom stereocenters. The molecule has 4 N–H and O–H groups in total. The summed E-state index contributed by atoms with van der Waals surface area (Å²) in [5, 5.41) is 16.6. The number of aromatic nitrogens is 3. The molecule has 0 saturated heterocycles. The molecule has 3 aromatic rings. The number of pyridine rings is 1. The monoisotopic (exact) mass is 571 g/mol. The number of carboxylic acids is 1. The SMILES string of the molecule is COc1cc(N(C(=O)NCC(=O)O)c2ncc(F)c(Nc3ccc4c(n3)NC(=O)C(C)(C)O4)n2)cc(OC)c1OC. The van der Waals surface area contributed by atoms with Crippen LogP contribution in [0.3, 0.4) is 0 Å². The lowest BCUT2D eigenvalue weighted by molar-refractivity contribution is -0.135. The first kappa shape index (κ1) is 28.6. The van der Waals surface area contributed by atoms with Gasteiger partial charge in [-0.3, -0.25) is 9.59 Å². The maximum atomic E-state index is 14.9. The number of halogens is 1. The highest BCUT2D eigenvalue weighted by molar-refractivity contribution is 6.00. The van der Waals surface area contributed by atoms with Gasteiger partial charge in [-0.05, 0) is 26.0 Å². The Morgan fingerprint density at radius 3 is 2.41 bits per heavy atom. The highest BCUT2D eigenvalue weighted by Gasteiger charge is 2.36.